The number of amides is 2. The van der Waals surface area contributed by atoms with Crippen molar-refractivity contribution in [3.05, 3.63) is 0 Å². The van der Waals surface area contributed by atoms with Crippen LogP contribution in [-0.2, 0) is 9.59 Å². The molecule has 0 bridgehead atoms. The highest BCUT2D eigenvalue weighted by Gasteiger charge is 2.27. The van der Waals surface area contributed by atoms with E-state index in [0.29, 0.717) is 31.2 Å². The van der Waals surface area contributed by atoms with Crippen molar-refractivity contribution in [1.82, 2.24) is 19.6 Å². The first kappa shape index (κ1) is 32.0. The normalized spacial score (nSPS) is 24.0. The predicted molar refractivity (Wildman–Crippen MR) is 153 cm³/mol. The number of carbonyl (C=O) groups is 2. The number of aliphatic hydroxyl groups excluding tert-OH is 1. The Balaban J connectivity index is 1.77. The van der Waals surface area contributed by atoms with E-state index in [4.69, 9.17) is 0 Å². The summed E-state index contributed by atoms with van der Waals surface area (Å²) in [6, 6.07) is 0.491. The van der Waals surface area contributed by atoms with Gasteiger partial charge in [-0.1, -0.05) is 52.4 Å². The molecule has 0 radical (unpaired) electrons. The maximum absolute atomic E-state index is 13.1. The molecule has 2 aliphatic rings. The van der Waals surface area contributed by atoms with Crippen LogP contribution in [0.5, 0.6) is 0 Å². The van der Waals surface area contributed by atoms with Gasteiger partial charge in [-0.25, -0.2) is 0 Å². The van der Waals surface area contributed by atoms with E-state index in [9.17, 15) is 14.7 Å². The van der Waals surface area contributed by atoms with Crippen LogP contribution < -0.4 is 0 Å². The lowest BCUT2D eigenvalue weighted by atomic mass is 9.98. The fourth-order valence-electron chi connectivity index (χ4n) is 5.97. The zero-order valence-corrected chi connectivity index (χ0v) is 24.6. The summed E-state index contributed by atoms with van der Waals surface area (Å²) in [6.07, 6.45) is 14.4. The monoisotopic (exact) mass is 522 g/mol. The van der Waals surface area contributed by atoms with Crippen LogP contribution in [-0.4, -0.2) is 108 Å². The molecule has 3 unspecified atom stereocenters. The molecule has 7 heteroatoms. The molecule has 37 heavy (non-hydrogen) atoms. The lowest BCUT2D eigenvalue weighted by molar-refractivity contribution is -0.135. The number of hydrogen-bond acceptors (Lipinski definition) is 5. The average Bonchev–Trinajstić information content (AvgIpc) is 2.86. The van der Waals surface area contributed by atoms with Crippen LogP contribution >= 0.6 is 0 Å². The van der Waals surface area contributed by atoms with E-state index >= 15 is 0 Å². The largest absolute Gasteiger partial charge is 0.393 e. The van der Waals surface area contributed by atoms with Crippen LogP contribution in [0.3, 0.4) is 0 Å². The van der Waals surface area contributed by atoms with Crippen LogP contribution in [0.4, 0.5) is 0 Å². The summed E-state index contributed by atoms with van der Waals surface area (Å²) in [4.78, 5) is 34.9. The minimum Gasteiger partial charge on any atom is -0.393 e. The molecule has 3 atom stereocenters. The zero-order chi connectivity index (χ0) is 27.0. The van der Waals surface area contributed by atoms with Gasteiger partial charge in [0, 0.05) is 51.1 Å². The van der Waals surface area contributed by atoms with Crippen molar-refractivity contribution in [2.75, 3.05) is 53.4 Å². The Kier molecular flexibility index (Phi) is 15.7. The molecule has 216 valence electrons. The first-order valence-corrected chi connectivity index (χ1v) is 15.5. The number of aliphatic hydroxyl groups is 1. The Morgan fingerprint density at radius 3 is 1.81 bits per heavy atom. The summed E-state index contributed by atoms with van der Waals surface area (Å²) >= 11 is 0. The third-order valence-electron chi connectivity index (χ3n) is 8.58. The van der Waals surface area contributed by atoms with Gasteiger partial charge in [-0.15, -0.1) is 0 Å². The summed E-state index contributed by atoms with van der Waals surface area (Å²) in [5, 5.41) is 10.5. The summed E-state index contributed by atoms with van der Waals surface area (Å²) in [7, 11) is 4.27. The minimum absolute atomic E-state index is 0.119. The van der Waals surface area contributed by atoms with Crippen molar-refractivity contribution < 1.29 is 14.7 Å². The highest BCUT2D eigenvalue weighted by Crippen LogP contribution is 2.20. The van der Waals surface area contributed by atoms with Crippen LogP contribution in [0, 0.1) is 0 Å². The van der Waals surface area contributed by atoms with Crippen molar-refractivity contribution in [1.29, 1.82) is 0 Å². The first-order chi connectivity index (χ1) is 17.8. The standard InChI is InChI=1S/C30H58N4O3/c1-5-7-9-15-26-24-29(36)33(21-13-17-31(26)3)19-11-12-20-34-22-14-18-32(4)27(25-30(34)37)23-28(35)16-10-8-6-2/h26-28,35H,5-25H2,1-4H3. The maximum atomic E-state index is 13.1. The minimum atomic E-state index is -0.318. The van der Waals surface area contributed by atoms with Crippen molar-refractivity contribution in [2.45, 2.75) is 128 Å². The van der Waals surface area contributed by atoms with E-state index in [1.165, 1.54) is 19.3 Å². The van der Waals surface area contributed by atoms with Gasteiger partial charge in [-0.05, 0) is 72.1 Å². The second-order valence-electron chi connectivity index (χ2n) is 11.7. The van der Waals surface area contributed by atoms with Gasteiger partial charge in [0.15, 0.2) is 0 Å². The van der Waals surface area contributed by atoms with Crippen molar-refractivity contribution >= 4 is 11.8 Å². The fourth-order valence-corrected chi connectivity index (χ4v) is 5.97. The van der Waals surface area contributed by atoms with E-state index < -0.39 is 0 Å². The third-order valence-corrected chi connectivity index (χ3v) is 8.58. The molecule has 0 saturated carbocycles. The Labute approximate surface area is 227 Å². The predicted octanol–water partition coefficient (Wildman–Crippen LogP) is 4.52. The van der Waals surface area contributed by atoms with E-state index in [1.807, 2.05) is 4.90 Å². The quantitative estimate of drug-likeness (QED) is 0.320. The van der Waals surface area contributed by atoms with E-state index in [1.54, 1.807) is 0 Å². The Hall–Kier alpha value is -1.18. The molecule has 2 amide bonds. The number of rotatable bonds is 15. The first-order valence-electron chi connectivity index (χ1n) is 15.5. The second-order valence-corrected chi connectivity index (χ2v) is 11.7. The molecule has 2 rings (SSSR count). The SMILES string of the molecule is CCCCCC(O)CC1CC(=O)N(CCCCN2CCCN(C)C(CCCCC)CC2=O)CCCN1C. The lowest BCUT2D eigenvalue weighted by Gasteiger charge is -2.35. The number of nitrogens with zero attached hydrogens (tertiary/aromatic N) is 4. The van der Waals surface area contributed by atoms with Crippen LogP contribution in [0.2, 0.25) is 0 Å². The number of unbranched alkanes of at least 4 members (excludes halogenated alkanes) is 5. The number of carbonyl (C=O) groups excluding carboxylic acids is 2. The van der Waals surface area contributed by atoms with E-state index in [0.717, 1.165) is 97.1 Å². The molecular weight excluding hydrogens is 464 g/mol. The molecule has 2 heterocycles. The second kappa shape index (κ2) is 18.2. The topological polar surface area (TPSA) is 67.3 Å². The molecule has 0 aromatic heterocycles. The average molecular weight is 523 g/mol. The van der Waals surface area contributed by atoms with Crippen molar-refractivity contribution in [3.63, 3.8) is 0 Å². The highest BCUT2D eigenvalue weighted by molar-refractivity contribution is 5.77. The van der Waals surface area contributed by atoms with E-state index in [2.05, 4.69) is 42.6 Å². The van der Waals surface area contributed by atoms with Gasteiger partial charge in [0.25, 0.3) is 0 Å². The Morgan fingerprint density at radius 2 is 1.24 bits per heavy atom. The van der Waals surface area contributed by atoms with Gasteiger partial charge < -0.3 is 24.7 Å². The van der Waals surface area contributed by atoms with Gasteiger partial charge in [0.05, 0.1) is 6.10 Å². The molecule has 2 aliphatic heterocycles. The smallest absolute Gasteiger partial charge is 0.224 e. The van der Waals surface area contributed by atoms with Gasteiger partial charge in [0.1, 0.15) is 0 Å². The summed E-state index contributed by atoms with van der Waals surface area (Å²) in [5.41, 5.74) is 0. The third kappa shape index (κ3) is 12.0. The molecule has 0 aromatic carbocycles. The summed E-state index contributed by atoms with van der Waals surface area (Å²) in [6.45, 7) is 9.68. The van der Waals surface area contributed by atoms with Crippen LogP contribution in [0.25, 0.3) is 0 Å². The highest BCUT2D eigenvalue weighted by atomic mass is 16.3. The molecule has 0 spiro atoms. The van der Waals surface area contributed by atoms with Crippen molar-refractivity contribution in [2.24, 2.45) is 0 Å². The summed E-state index contributed by atoms with van der Waals surface area (Å²) < 4.78 is 0. The Morgan fingerprint density at radius 1 is 0.730 bits per heavy atom. The van der Waals surface area contributed by atoms with Gasteiger partial charge in [-0.3, -0.25) is 9.59 Å². The van der Waals surface area contributed by atoms with Crippen LogP contribution in [0.1, 0.15) is 110 Å². The van der Waals surface area contributed by atoms with Crippen molar-refractivity contribution in [3.8, 4) is 0 Å². The molecule has 7 nitrogen and oxygen atoms in total. The molecule has 1 N–H and O–H groups in total. The van der Waals surface area contributed by atoms with Gasteiger partial charge in [-0.2, -0.15) is 0 Å². The van der Waals surface area contributed by atoms with E-state index in [-0.39, 0.29) is 18.1 Å². The van der Waals surface area contributed by atoms with Gasteiger partial charge in [0.2, 0.25) is 11.8 Å². The molecule has 0 aliphatic carbocycles. The fraction of sp³-hybridized carbons (Fsp3) is 0.933. The van der Waals surface area contributed by atoms with Gasteiger partial charge >= 0.3 is 0 Å². The number of hydrogen-bond donors (Lipinski definition) is 1. The molecule has 2 fully saturated rings. The maximum Gasteiger partial charge on any atom is 0.224 e. The summed E-state index contributed by atoms with van der Waals surface area (Å²) in [5.74, 6) is 0.524. The zero-order valence-electron chi connectivity index (χ0n) is 24.6. The van der Waals surface area contributed by atoms with Crippen LogP contribution in [0.15, 0.2) is 0 Å². The Bertz CT molecular complexity index is 646. The molecule has 2 saturated heterocycles. The molecule has 0 aromatic rings. The molecular formula is C30H58N4O3. The lowest BCUT2D eigenvalue weighted by Crippen LogP contribution is -2.46.